The van der Waals surface area contributed by atoms with Gasteiger partial charge in [0.2, 0.25) is 10.0 Å². The third kappa shape index (κ3) is 5.14. The minimum atomic E-state index is -3.47. The molecule has 25 heavy (non-hydrogen) atoms. The summed E-state index contributed by atoms with van der Waals surface area (Å²) in [6.45, 7) is 2.63. The molecule has 0 radical (unpaired) electrons. The lowest BCUT2D eigenvalue weighted by atomic mass is 10.1. The number of nitrogens with one attached hydrogen (secondary N) is 1. The zero-order valence-corrected chi connectivity index (χ0v) is 15.6. The van der Waals surface area contributed by atoms with E-state index in [9.17, 15) is 13.2 Å². The van der Waals surface area contributed by atoms with Crippen molar-refractivity contribution in [2.75, 3.05) is 20.6 Å². The van der Waals surface area contributed by atoms with E-state index < -0.39 is 10.0 Å². The van der Waals surface area contributed by atoms with Gasteiger partial charge < -0.3 is 5.32 Å². The molecule has 0 atom stereocenters. The molecule has 2 aromatic rings. The van der Waals surface area contributed by atoms with Crippen molar-refractivity contribution < 1.29 is 13.2 Å². The predicted octanol–water partition coefficient (Wildman–Crippen LogP) is 2.61. The summed E-state index contributed by atoms with van der Waals surface area (Å²) in [7, 11) is -0.520. The monoisotopic (exact) mass is 360 g/mol. The maximum Gasteiger partial charge on any atom is 0.251 e. The second-order valence-corrected chi connectivity index (χ2v) is 8.31. The molecule has 134 valence electrons. The van der Waals surface area contributed by atoms with Gasteiger partial charge in [0.25, 0.3) is 5.91 Å². The Kier molecular flexibility index (Phi) is 6.33. The molecule has 0 fully saturated rings. The number of benzene rings is 2. The molecule has 0 unspecified atom stereocenters. The third-order valence-corrected chi connectivity index (χ3v) is 5.73. The van der Waals surface area contributed by atoms with Crippen LogP contribution in [0.5, 0.6) is 0 Å². The second-order valence-electron chi connectivity index (χ2n) is 6.16. The van der Waals surface area contributed by atoms with E-state index in [1.54, 1.807) is 0 Å². The first-order valence-electron chi connectivity index (χ1n) is 8.17. The smallest absolute Gasteiger partial charge is 0.251 e. The summed E-state index contributed by atoms with van der Waals surface area (Å²) in [6.07, 6.45) is 1.75. The third-order valence-electron chi connectivity index (χ3n) is 3.91. The van der Waals surface area contributed by atoms with Crippen LogP contribution < -0.4 is 5.32 Å². The molecule has 5 nitrogen and oxygen atoms in total. The van der Waals surface area contributed by atoms with E-state index in [-0.39, 0.29) is 10.8 Å². The molecule has 0 bridgehead atoms. The highest BCUT2D eigenvalue weighted by Gasteiger charge is 2.17. The number of aryl methyl sites for hydroxylation is 2. The van der Waals surface area contributed by atoms with Crippen molar-refractivity contribution in [3.8, 4) is 0 Å². The van der Waals surface area contributed by atoms with Crippen LogP contribution in [0.3, 0.4) is 0 Å². The van der Waals surface area contributed by atoms with Gasteiger partial charge in [0, 0.05) is 26.2 Å². The van der Waals surface area contributed by atoms with Crippen molar-refractivity contribution >= 4 is 15.9 Å². The van der Waals surface area contributed by atoms with Crippen molar-refractivity contribution in [2.24, 2.45) is 0 Å². The van der Waals surface area contributed by atoms with Crippen LogP contribution in [0.2, 0.25) is 0 Å². The van der Waals surface area contributed by atoms with Crippen LogP contribution in [-0.4, -0.2) is 39.3 Å². The predicted molar refractivity (Wildman–Crippen MR) is 99.1 cm³/mol. The summed E-state index contributed by atoms with van der Waals surface area (Å²) in [4.78, 5) is 12.3. The molecule has 0 saturated heterocycles. The van der Waals surface area contributed by atoms with Crippen LogP contribution in [0, 0.1) is 6.92 Å². The fourth-order valence-electron chi connectivity index (χ4n) is 2.45. The van der Waals surface area contributed by atoms with Gasteiger partial charge in [-0.05, 0) is 49.6 Å². The molecule has 0 aromatic heterocycles. The zero-order chi connectivity index (χ0) is 18.4. The van der Waals surface area contributed by atoms with Crippen LogP contribution in [0.15, 0.2) is 53.4 Å². The van der Waals surface area contributed by atoms with Gasteiger partial charge in [0.1, 0.15) is 0 Å². The molecule has 1 N–H and O–H groups in total. The molecular weight excluding hydrogens is 336 g/mol. The molecule has 0 aliphatic rings. The number of hydrogen-bond donors (Lipinski definition) is 1. The highest BCUT2D eigenvalue weighted by molar-refractivity contribution is 7.89. The average molecular weight is 360 g/mol. The molecule has 0 heterocycles. The van der Waals surface area contributed by atoms with Crippen molar-refractivity contribution in [2.45, 2.75) is 24.7 Å². The Bertz CT molecular complexity index is 828. The lowest BCUT2D eigenvalue weighted by Crippen LogP contribution is -2.25. The minimum absolute atomic E-state index is 0.175. The summed E-state index contributed by atoms with van der Waals surface area (Å²) >= 11 is 0. The number of amides is 1. The minimum Gasteiger partial charge on any atom is -0.352 e. The van der Waals surface area contributed by atoms with Gasteiger partial charge in [-0.25, -0.2) is 12.7 Å². The Morgan fingerprint density at radius 2 is 1.76 bits per heavy atom. The van der Waals surface area contributed by atoms with Gasteiger partial charge in [-0.3, -0.25) is 4.79 Å². The molecule has 0 spiro atoms. The first-order valence-corrected chi connectivity index (χ1v) is 9.61. The van der Waals surface area contributed by atoms with E-state index in [4.69, 9.17) is 0 Å². The number of carbonyl (C=O) groups is 1. The normalized spacial score (nSPS) is 11.5. The summed E-state index contributed by atoms with van der Waals surface area (Å²) in [5.41, 5.74) is 2.94. The number of nitrogens with zero attached hydrogens (tertiary/aromatic N) is 1. The molecular formula is C19H24N2O3S. The second kappa shape index (κ2) is 8.27. The topological polar surface area (TPSA) is 66.5 Å². The van der Waals surface area contributed by atoms with Crippen LogP contribution in [0.1, 0.15) is 27.9 Å². The van der Waals surface area contributed by atoms with Gasteiger partial charge in [0.15, 0.2) is 0 Å². The van der Waals surface area contributed by atoms with E-state index in [1.165, 1.54) is 49.5 Å². The van der Waals surface area contributed by atoms with E-state index in [1.807, 2.05) is 6.07 Å². The molecule has 0 saturated carbocycles. The van der Waals surface area contributed by atoms with Crippen molar-refractivity contribution in [3.05, 3.63) is 65.2 Å². The molecule has 2 rings (SSSR count). The number of hydrogen-bond acceptors (Lipinski definition) is 3. The summed E-state index contributed by atoms with van der Waals surface area (Å²) in [5.74, 6) is -0.196. The van der Waals surface area contributed by atoms with Gasteiger partial charge >= 0.3 is 0 Å². The maximum atomic E-state index is 12.1. The fourth-order valence-corrected chi connectivity index (χ4v) is 3.35. The van der Waals surface area contributed by atoms with Gasteiger partial charge in [-0.2, -0.15) is 0 Å². The molecule has 1 amide bonds. The molecule has 6 heteroatoms. The average Bonchev–Trinajstić information content (AvgIpc) is 2.58. The van der Waals surface area contributed by atoms with Gasteiger partial charge in [-0.1, -0.05) is 29.8 Å². The number of rotatable bonds is 7. The Morgan fingerprint density at radius 1 is 1.08 bits per heavy atom. The Labute approximate surface area is 149 Å². The Balaban J connectivity index is 1.87. The van der Waals surface area contributed by atoms with E-state index >= 15 is 0 Å². The van der Waals surface area contributed by atoms with Crippen LogP contribution in [-0.2, 0) is 16.4 Å². The fraction of sp³-hybridized carbons (Fsp3) is 0.316. The number of carbonyl (C=O) groups excluding carboxylic acids is 1. The van der Waals surface area contributed by atoms with E-state index in [2.05, 4.69) is 30.4 Å². The van der Waals surface area contributed by atoms with Crippen molar-refractivity contribution in [1.29, 1.82) is 0 Å². The van der Waals surface area contributed by atoms with E-state index in [0.29, 0.717) is 12.1 Å². The number of sulfonamides is 1. The van der Waals surface area contributed by atoms with Crippen LogP contribution in [0.4, 0.5) is 0 Å². The first-order chi connectivity index (χ1) is 11.8. The Morgan fingerprint density at radius 3 is 2.36 bits per heavy atom. The van der Waals surface area contributed by atoms with Gasteiger partial charge in [-0.15, -0.1) is 0 Å². The molecule has 2 aromatic carbocycles. The Hall–Kier alpha value is -2.18. The standard InChI is InChI=1S/C19H24N2O3S/c1-15-6-4-7-16(14-15)8-5-13-20-19(22)17-9-11-18(12-10-17)25(23,24)21(2)3/h4,6-7,9-12,14H,5,8,13H2,1-3H3,(H,20,22). The SMILES string of the molecule is Cc1cccc(CCCNC(=O)c2ccc(S(=O)(=O)N(C)C)cc2)c1. The highest BCUT2D eigenvalue weighted by Crippen LogP contribution is 2.14. The summed E-state index contributed by atoms with van der Waals surface area (Å²) < 4.78 is 25.2. The van der Waals surface area contributed by atoms with Crippen LogP contribution >= 0.6 is 0 Å². The van der Waals surface area contributed by atoms with Gasteiger partial charge in [0.05, 0.1) is 4.90 Å². The first kappa shape index (κ1) is 19.1. The molecule has 0 aliphatic carbocycles. The van der Waals surface area contributed by atoms with E-state index in [0.717, 1.165) is 17.1 Å². The summed E-state index contributed by atoms with van der Waals surface area (Å²) in [6, 6.07) is 14.3. The summed E-state index contributed by atoms with van der Waals surface area (Å²) in [5, 5.41) is 2.87. The maximum absolute atomic E-state index is 12.1. The quantitative estimate of drug-likeness (QED) is 0.772. The lowest BCUT2D eigenvalue weighted by Gasteiger charge is -2.11. The largest absolute Gasteiger partial charge is 0.352 e. The highest BCUT2D eigenvalue weighted by atomic mass is 32.2. The van der Waals surface area contributed by atoms with Crippen LogP contribution in [0.25, 0.3) is 0 Å². The van der Waals surface area contributed by atoms with Crippen molar-refractivity contribution in [1.82, 2.24) is 9.62 Å². The molecule has 0 aliphatic heterocycles. The lowest BCUT2D eigenvalue weighted by molar-refractivity contribution is 0.0953. The van der Waals surface area contributed by atoms with Crippen molar-refractivity contribution in [3.63, 3.8) is 0 Å². The zero-order valence-electron chi connectivity index (χ0n) is 14.8.